The average Bonchev–Trinajstić information content (AvgIpc) is 3.44. The molecule has 0 unspecified atom stereocenters. The lowest BCUT2D eigenvalue weighted by Gasteiger charge is -2.26. The van der Waals surface area contributed by atoms with Gasteiger partial charge in [-0.2, -0.15) is 5.26 Å². The number of carbonyl (C=O) groups is 1. The van der Waals surface area contributed by atoms with Crippen LogP contribution in [0.4, 0.5) is 0 Å². The van der Waals surface area contributed by atoms with E-state index in [0.717, 1.165) is 34.9 Å². The van der Waals surface area contributed by atoms with Crippen molar-refractivity contribution in [1.82, 2.24) is 14.8 Å². The van der Waals surface area contributed by atoms with E-state index in [9.17, 15) is 14.9 Å². The van der Waals surface area contributed by atoms with Gasteiger partial charge in [0, 0.05) is 31.1 Å². The summed E-state index contributed by atoms with van der Waals surface area (Å²) in [6.45, 7) is 6.08. The smallest absolute Gasteiger partial charge is 0.273 e. The fraction of sp³-hybridized carbons (Fsp3) is 0.292. The van der Waals surface area contributed by atoms with Gasteiger partial charge in [0.2, 0.25) is 0 Å². The Labute approximate surface area is 199 Å². The number of nitrogens with one attached hydrogen (secondary N) is 1. The second-order valence-electron chi connectivity index (χ2n) is 7.60. The van der Waals surface area contributed by atoms with E-state index in [4.69, 9.17) is 4.74 Å². The zero-order chi connectivity index (χ0) is 23.2. The summed E-state index contributed by atoms with van der Waals surface area (Å²) in [6.07, 6.45) is 1.80. The van der Waals surface area contributed by atoms with Crippen LogP contribution in [-0.4, -0.2) is 54.8 Å². The Morgan fingerprint density at radius 3 is 2.67 bits per heavy atom. The molecule has 7 nitrogen and oxygen atoms in total. The molecule has 1 N–H and O–H groups in total. The van der Waals surface area contributed by atoms with Gasteiger partial charge in [-0.3, -0.25) is 19.1 Å². The van der Waals surface area contributed by atoms with Crippen LogP contribution in [0.5, 0.6) is 0 Å². The summed E-state index contributed by atoms with van der Waals surface area (Å²) in [5, 5.41) is 14.7. The van der Waals surface area contributed by atoms with E-state index in [1.807, 2.05) is 54.8 Å². The van der Waals surface area contributed by atoms with Crippen LogP contribution in [0, 0.1) is 18.3 Å². The summed E-state index contributed by atoms with van der Waals surface area (Å²) >= 11 is 2.68. The number of hydrogen-bond donors (Lipinski definition) is 1. The second kappa shape index (κ2) is 10.7. The van der Waals surface area contributed by atoms with Gasteiger partial charge in [0.25, 0.3) is 11.5 Å². The minimum absolute atomic E-state index is 0.0644. The highest BCUT2D eigenvalue weighted by Gasteiger charge is 2.17. The third-order valence-electron chi connectivity index (χ3n) is 5.30. The van der Waals surface area contributed by atoms with Gasteiger partial charge in [0.1, 0.15) is 10.7 Å². The van der Waals surface area contributed by atoms with Crippen LogP contribution in [0.25, 0.3) is 17.3 Å². The molecule has 0 bridgehead atoms. The number of thiophene rings is 1. The molecule has 4 rings (SSSR count). The van der Waals surface area contributed by atoms with E-state index >= 15 is 0 Å². The zero-order valence-corrected chi connectivity index (χ0v) is 19.9. The Hall–Kier alpha value is -3.03. The fourth-order valence-corrected chi connectivity index (χ4v) is 5.34. The Morgan fingerprint density at radius 1 is 1.24 bits per heavy atom. The summed E-state index contributed by atoms with van der Waals surface area (Å²) in [5.41, 5.74) is 1.36. The molecule has 3 heterocycles. The molecule has 1 aliphatic heterocycles. The molecule has 3 aromatic rings. The number of amides is 1. The molecule has 9 heteroatoms. The van der Waals surface area contributed by atoms with E-state index in [1.165, 1.54) is 15.9 Å². The number of morpholine rings is 1. The largest absolute Gasteiger partial charge is 0.379 e. The molecule has 1 amide bonds. The lowest BCUT2D eigenvalue weighted by Crippen LogP contribution is -2.42. The molecule has 0 spiro atoms. The van der Waals surface area contributed by atoms with Crippen LogP contribution in [0.15, 0.2) is 46.6 Å². The van der Waals surface area contributed by atoms with Crippen LogP contribution in [0.3, 0.4) is 0 Å². The summed E-state index contributed by atoms with van der Waals surface area (Å²) in [7, 11) is 0. The molecule has 33 heavy (non-hydrogen) atoms. The first-order chi connectivity index (χ1) is 16.1. The average molecular weight is 481 g/mol. The third-order valence-corrected chi connectivity index (χ3v) is 7.21. The predicted octanol–water partition coefficient (Wildman–Crippen LogP) is 1.22. The van der Waals surface area contributed by atoms with Crippen molar-refractivity contribution in [2.24, 2.45) is 0 Å². The molecule has 1 fully saturated rings. The van der Waals surface area contributed by atoms with Gasteiger partial charge in [-0.1, -0.05) is 23.8 Å². The fourth-order valence-electron chi connectivity index (χ4n) is 3.52. The van der Waals surface area contributed by atoms with Crippen molar-refractivity contribution in [3.05, 3.63) is 71.8 Å². The molecule has 0 saturated carbocycles. The monoisotopic (exact) mass is 480 g/mol. The van der Waals surface area contributed by atoms with E-state index in [0.29, 0.717) is 41.2 Å². The van der Waals surface area contributed by atoms with Crippen molar-refractivity contribution in [1.29, 1.82) is 5.26 Å². The maximum atomic E-state index is 13.3. The number of nitriles is 1. The topological polar surface area (TPSA) is 87.4 Å². The molecular weight excluding hydrogens is 456 g/mol. The number of aromatic nitrogens is 1. The molecule has 1 aliphatic rings. The van der Waals surface area contributed by atoms with Gasteiger partial charge in [-0.05, 0) is 36.6 Å². The second-order valence-corrected chi connectivity index (χ2v) is 9.61. The van der Waals surface area contributed by atoms with Crippen LogP contribution in [-0.2, 0) is 9.53 Å². The minimum atomic E-state index is -0.476. The maximum absolute atomic E-state index is 13.3. The molecular formula is C24H24N4O3S2. The predicted molar refractivity (Wildman–Crippen MR) is 131 cm³/mol. The first-order valence-electron chi connectivity index (χ1n) is 10.6. The van der Waals surface area contributed by atoms with E-state index in [1.54, 1.807) is 6.08 Å². The number of hydrogen-bond acceptors (Lipinski definition) is 7. The number of nitrogens with zero attached hydrogens (tertiary/aromatic N) is 3. The van der Waals surface area contributed by atoms with Gasteiger partial charge in [-0.25, -0.2) is 0 Å². The Kier molecular flexibility index (Phi) is 7.52. The Balaban J connectivity index is 1.74. The number of rotatable bonds is 6. The molecule has 1 saturated heterocycles. The number of thiazole rings is 1. The van der Waals surface area contributed by atoms with Crippen LogP contribution in [0.2, 0.25) is 0 Å². The van der Waals surface area contributed by atoms with E-state index < -0.39 is 5.91 Å². The van der Waals surface area contributed by atoms with Crippen molar-refractivity contribution in [2.75, 3.05) is 39.4 Å². The number of carbonyl (C=O) groups excluding carboxylic acids is 1. The molecule has 2 aromatic heterocycles. The van der Waals surface area contributed by atoms with Crippen LogP contribution in [0.1, 0.15) is 10.4 Å². The summed E-state index contributed by atoms with van der Waals surface area (Å²) < 4.78 is 7.61. The maximum Gasteiger partial charge on any atom is 0.273 e. The first kappa shape index (κ1) is 23.1. The molecule has 1 aromatic carbocycles. The summed E-state index contributed by atoms with van der Waals surface area (Å²) in [6, 6.07) is 13.3. The Morgan fingerprint density at radius 2 is 2.00 bits per heavy atom. The van der Waals surface area contributed by atoms with Crippen molar-refractivity contribution >= 4 is 40.2 Å². The number of ether oxygens (including phenoxy) is 1. The van der Waals surface area contributed by atoms with Crippen molar-refractivity contribution in [3.8, 4) is 11.8 Å². The lowest BCUT2D eigenvalue weighted by atomic mass is 10.2. The van der Waals surface area contributed by atoms with E-state index in [2.05, 4.69) is 10.2 Å². The first-order valence-corrected chi connectivity index (χ1v) is 12.3. The van der Waals surface area contributed by atoms with E-state index in [-0.39, 0.29) is 11.1 Å². The molecule has 0 atom stereocenters. The van der Waals surface area contributed by atoms with Crippen LogP contribution < -0.4 is 20.1 Å². The van der Waals surface area contributed by atoms with Gasteiger partial charge < -0.3 is 10.1 Å². The van der Waals surface area contributed by atoms with Crippen LogP contribution >= 0.6 is 22.7 Å². The summed E-state index contributed by atoms with van der Waals surface area (Å²) in [4.78, 5) is 29.4. The normalized spacial score (nSPS) is 15.8. The quantitative estimate of drug-likeness (QED) is 0.573. The van der Waals surface area contributed by atoms with Gasteiger partial charge in [-0.15, -0.1) is 22.7 Å². The molecule has 0 aliphatic carbocycles. The minimum Gasteiger partial charge on any atom is -0.379 e. The lowest BCUT2D eigenvalue weighted by molar-refractivity contribution is -0.115. The standard InChI is InChI=1S/C24H24N4O3S2/c1-17-4-6-18(7-5-17)28-23(30)21(15-19-3-2-14-32-19)33-24(28)20(16-25)22(29)26-8-9-27-10-12-31-13-11-27/h2-7,14-15H,8-13H2,1H3,(H,26,29)/b21-15+,24-20-. The summed E-state index contributed by atoms with van der Waals surface area (Å²) in [5.74, 6) is -0.476. The van der Waals surface area contributed by atoms with Crippen molar-refractivity contribution in [2.45, 2.75) is 6.92 Å². The van der Waals surface area contributed by atoms with Crippen molar-refractivity contribution in [3.63, 3.8) is 0 Å². The highest BCUT2D eigenvalue weighted by Crippen LogP contribution is 2.10. The highest BCUT2D eigenvalue weighted by molar-refractivity contribution is 7.11. The van der Waals surface area contributed by atoms with Crippen molar-refractivity contribution < 1.29 is 9.53 Å². The Bertz CT molecular complexity index is 1330. The third kappa shape index (κ3) is 5.49. The zero-order valence-electron chi connectivity index (χ0n) is 18.2. The highest BCUT2D eigenvalue weighted by atomic mass is 32.1. The van der Waals surface area contributed by atoms with Gasteiger partial charge >= 0.3 is 0 Å². The SMILES string of the molecule is Cc1ccc(-n2c(=O)/c(=C\c3cccs3)s/c2=C(/C#N)C(=O)NCCN2CCOCC2)cc1. The number of aryl methyl sites for hydroxylation is 1. The number of benzene rings is 1. The van der Waals surface area contributed by atoms with Gasteiger partial charge in [0.15, 0.2) is 5.57 Å². The molecule has 170 valence electrons. The molecule has 0 radical (unpaired) electrons. The van der Waals surface area contributed by atoms with Gasteiger partial charge in [0.05, 0.1) is 23.4 Å².